The van der Waals surface area contributed by atoms with E-state index in [4.69, 9.17) is 19.7 Å². The molecule has 4 unspecified atom stereocenters. The Kier molecular flexibility index (Phi) is 3.34. The minimum Gasteiger partial charge on any atom is -0.388 e. The van der Waals surface area contributed by atoms with Crippen LogP contribution in [0.1, 0.15) is 0 Å². The van der Waals surface area contributed by atoms with Gasteiger partial charge in [0.2, 0.25) is 0 Å². The lowest BCUT2D eigenvalue weighted by Gasteiger charge is -2.14. The molecule has 0 saturated carbocycles. The molecule has 0 amide bonds. The Morgan fingerprint density at radius 1 is 1.54 bits per heavy atom. The molecule has 1 aliphatic heterocycles. The first kappa shape index (κ1) is 10.6. The molecule has 1 saturated heterocycles. The maximum atomic E-state index is 10.9. The fourth-order valence-corrected chi connectivity index (χ4v) is 1.26. The number of carbonyl (C=O) groups is 1. The van der Waals surface area contributed by atoms with Gasteiger partial charge in [0.15, 0.2) is 12.1 Å². The fraction of sp³-hybridized carbons (Fsp3) is 0.857. The predicted molar refractivity (Wildman–Crippen MR) is 39.8 cm³/mol. The monoisotopic (exact) mass is 192 g/mol. The van der Waals surface area contributed by atoms with E-state index < -0.39 is 37.0 Å². The third-order valence-corrected chi connectivity index (χ3v) is 1.96. The number of aliphatic hydroxyl groups is 3. The number of aliphatic hydroxyl groups excluding tert-OH is 3. The van der Waals surface area contributed by atoms with Crippen LogP contribution in [0.4, 0.5) is 0 Å². The normalized spacial score (nSPS) is 39.4. The van der Waals surface area contributed by atoms with Crippen molar-refractivity contribution >= 4 is 5.78 Å². The first-order valence-electron chi connectivity index (χ1n) is 3.79. The molecule has 0 aromatic heterocycles. The summed E-state index contributed by atoms with van der Waals surface area (Å²) in [6.45, 7) is -0.731. The molecule has 0 aromatic carbocycles. The smallest absolute Gasteiger partial charge is 0.189 e. The maximum absolute atomic E-state index is 10.9. The van der Waals surface area contributed by atoms with Crippen molar-refractivity contribution in [2.24, 2.45) is 0 Å². The Balaban J connectivity index is 2.66. The van der Waals surface area contributed by atoms with Gasteiger partial charge in [0.25, 0.3) is 0 Å². The van der Waals surface area contributed by atoms with Crippen LogP contribution in [0.2, 0.25) is 0 Å². The van der Waals surface area contributed by atoms with E-state index in [2.05, 4.69) is 0 Å². The van der Waals surface area contributed by atoms with Gasteiger partial charge in [-0.3, -0.25) is 4.79 Å². The summed E-state index contributed by atoms with van der Waals surface area (Å²) in [6.07, 6.45) is -4.72. The number of hydrogen-bond acceptors (Lipinski definition) is 6. The van der Waals surface area contributed by atoms with E-state index in [1.165, 1.54) is 7.11 Å². The Morgan fingerprint density at radius 2 is 2.15 bits per heavy atom. The fourth-order valence-electron chi connectivity index (χ4n) is 1.26. The molecule has 1 fully saturated rings. The van der Waals surface area contributed by atoms with Gasteiger partial charge in [-0.15, -0.1) is 0 Å². The molecule has 1 rings (SSSR count). The van der Waals surface area contributed by atoms with E-state index in [-0.39, 0.29) is 0 Å². The quantitative estimate of drug-likeness (QED) is 0.463. The van der Waals surface area contributed by atoms with Crippen LogP contribution in [0.5, 0.6) is 0 Å². The molecule has 1 aliphatic rings. The maximum Gasteiger partial charge on any atom is 0.189 e. The zero-order valence-corrected chi connectivity index (χ0v) is 7.08. The van der Waals surface area contributed by atoms with Crippen LogP contribution >= 0.6 is 0 Å². The van der Waals surface area contributed by atoms with E-state index in [0.29, 0.717) is 0 Å². The van der Waals surface area contributed by atoms with Gasteiger partial charge >= 0.3 is 0 Å². The zero-order chi connectivity index (χ0) is 10.0. The van der Waals surface area contributed by atoms with Crippen LogP contribution < -0.4 is 0 Å². The van der Waals surface area contributed by atoms with Crippen molar-refractivity contribution in [3.05, 3.63) is 0 Å². The molecule has 3 N–H and O–H groups in total. The van der Waals surface area contributed by atoms with E-state index in [9.17, 15) is 9.90 Å². The lowest BCUT2D eigenvalue weighted by atomic mass is 10.1. The van der Waals surface area contributed by atoms with Gasteiger partial charge in [0.1, 0.15) is 24.9 Å². The number of ketones is 1. The summed E-state index contributed by atoms with van der Waals surface area (Å²) in [4.78, 5) is 10.9. The van der Waals surface area contributed by atoms with E-state index in [1.54, 1.807) is 0 Å². The van der Waals surface area contributed by atoms with Crippen LogP contribution in [0.25, 0.3) is 0 Å². The number of Topliss-reactive ketones (excluding diaryl/α,β-unsaturated/α-hetero) is 1. The van der Waals surface area contributed by atoms with Crippen molar-refractivity contribution in [2.45, 2.75) is 24.6 Å². The summed E-state index contributed by atoms with van der Waals surface area (Å²) < 4.78 is 9.40. The second-order valence-corrected chi connectivity index (χ2v) is 2.76. The molecule has 0 aromatic rings. The summed E-state index contributed by atoms with van der Waals surface area (Å²) in [5, 5.41) is 27.0. The van der Waals surface area contributed by atoms with Gasteiger partial charge in [-0.2, -0.15) is 0 Å². The molecule has 0 bridgehead atoms. The number of carbonyl (C=O) groups excluding carboxylic acids is 1. The largest absolute Gasteiger partial charge is 0.388 e. The number of methoxy groups -OCH3 is 1. The van der Waals surface area contributed by atoms with Gasteiger partial charge in [-0.05, 0) is 0 Å². The highest BCUT2D eigenvalue weighted by atomic mass is 16.7. The summed E-state index contributed by atoms with van der Waals surface area (Å²) in [7, 11) is 1.28. The molecule has 0 aliphatic carbocycles. The van der Waals surface area contributed by atoms with Crippen LogP contribution in [-0.4, -0.2) is 59.4 Å². The summed E-state index contributed by atoms with van der Waals surface area (Å²) >= 11 is 0. The molecule has 6 nitrogen and oxygen atoms in total. The SMILES string of the molecule is COC1C(O)OC(C(=O)CO)C1O. The molecule has 13 heavy (non-hydrogen) atoms. The van der Waals surface area contributed by atoms with Gasteiger partial charge in [-0.1, -0.05) is 0 Å². The Labute approximate surface area is 74.7 Å². The molecule has 1 heterocycles. The second-order valence-electron chi connectivity index (χ2n) is 2.76. The highest BCUT2D eigenvalue weighted by Crippen LogP contribution is 2.22. The Hall–Kier alpha value is -0.530. The summed E-state index contributed by atoms with van der Waals surface area (Å²) in [5.74, 6) is -0.675. The van der Waals surface area contributed by atoms with Gasteiger partial charge in [0, 0.05) is 7.11 Å². The summed E-state index contributed by atoms with van der Waals surface area (Å²) in [5.41, 5.74) is 0. The van der Waals surface area contributed by atoms with Crippen molar-refractivity contribution in [3.8, 4) is 0 Å². The van der Waals surface area contributed by atoms with E-state index in [1.807, 2.05) is 0 Å². The minimum absolute atomic E-state index is 0.675. The predicted octanol–water partition coefficient (Wildman–Crippen LogP) is -2.36. The Bertz CT molecular complexity index is 193. The zero-order valence-electron chi connectivity index (χ0n) is 7.08. The van der Waals surface area contributed by atoms with Crippen LogP contribution in [0.3, 0.4) is 0 Å². The molecule has 6 heteroatoms. The molecular formula is C7H12O6. The average molecular weight is 192 g/mol. The van der Waals surface area contributed by atoms with Crippen LogP contribution in [0, 0.1) is 0 Å². The first-order chi connectivity index (χ1) is 6.11. The molecular weight excluding hydrogens is 180 g/mol. The van der Waals surface area contributed by atoms with Gasteiger partial charge < -0.3 is 24.8 Å². The highest BCUT2D eigenvalue weighted by molar-refractivity contribution is 5.85. The highest BCUT2D eigenvalue weighted by Gasteiger charge is 2.46. The summed E-state index contributed by atoms with van der Waals surface area (Å²) in [6, 6.07) is 0. The number of hydrogen-bond donors (Lipinski definition) is 3. The van der Waals surface area contributed by atoms with Crippen molar-refractivity contribution in [1.29, 1.82) is 0 Å². The lowest BCUT2D eigenvalue weighted by Crippen LogP contribution is -2.38. The third-order valence-electron chi connectivity index (χ3n) is 1.96. The number of ether oxygens (including phenoxy) is 2. The molecule has 4 atom stereocenters. The van der Waals surface area contributed by atoms with Gasteiger partial charge in [-0.25, -0.2) is 0 Å². The van der Waals surface area contributed by atoms with E-state index >= 15 is 0 Å². The second kappa shape index (κ2) is 4.12. The Morgan fingerprint density at radius 3 is 2.54 bits per heavy atom. The van der Waals surface area contributed by atoms with Gasteiger partial charge in [0.05, 0.1) is 0 Å². The topological polar surface area (TPSA) is 96.2 Å². The van der Waals surface area contributed by atoms with Crippen LogP contribution in [-0.2, 0) is 14.3 Å². The van der Waals surface area contributed by atoms with E-state index in [0.717, 1.165) is 0 Å². The van der Waals surface area contributed by atoms with Crippen molar-refractivity contribution in [2.75, 3.05) is 13.7 Å². The minimum atomic E-state index is -1.33. The van der Waals surface area contributed by atoms with Crippen molar-refractivity contribution in [3.63, 3.8) is 0 Å². The molecule has 0 spiro atoms. The number of rotatable bonds is 3. The van der Waals surface area contributed by atoms with Crippen molar-refractivity contribution in [1.82, 2.24) is 0 Å². The standard InChI is InChI=1S/C7H12O6/c1-12-6-4(10)5(3(9)2-8)13-7(6)11/h4-8,10-11H,2H2,1H3. The average Bonchev–Trinajstić information content (AvgIpc) is 2.40. The first-order valence-corrected chi connectivity index (χ1v) is 3.79. The van der Waals surface area contributed by atoms with Crippen LogP contribution in [0.15, 0.2) is 0 Å². The molecule has 76 valence electrons. The molecule has 0 radical (unpaired) electrons. The van der Waals surface area contributed by atoms with Crippen molar-refractivity contribution < 1.29 is 29.6 Å². The lowest BCUT2D eigenvalue weighted by molar-refractivity contribution is -0.153. The third kappa shape index (κ3) is 1.87.